The van der Waals surface area contributed by atoms with Gasteiger partial charge in [0.15, 0.2) is 0 Å². The maximum Gasteiger partial charge on any atom is 0.454 e. The lowest BCUT2D eigenvalue weighted by Crippen LogP contribution is -2.22. The van der Waals surface area contributed by atoms with Crippen molar-refractivity contribution in [3.63, 3.8) is 0 Å². The van der Waals surface area contributed by atoms with Crippen molar-refractivity contribution >= 4 is 55.8 Å². The number of alkyl halides is 3. The number of nitrogens with zero attached hydrogens (tertiary/aromatic N) is 1. The Hall–Kier alpha value is -2.32. The van der Waals surface area contributed by atoms with E-state index in [9.17, 15) is 22.8 Å². The molecule has 28 heavy (non-hydrogen) atoms. The molecule has 0 aliphatic heterocycles. The summed E-state index contributed by atoms with van der Waals surface area (Å²) < 4.78 is 40.6. The number of carbonyl (C=O) groups excluding carboxylic acids is 2. The number of carbonyl (C=O) groups is 2. The minimum atomic E-state index is -5.01. The van der Waals surface area contributed by atoms with E-state index in [1.807, 2.05) is 6.92 Å². The van der Waals surface area contributed by atoms with Crippen LogP contribution in [0, 0.1) is 6.92 Å². The van der Waals surface area contributed by atoms with Gasteiger partial charge in [-0.15, -0.1) is 0 Å². The molecule has 1 heterocycles. The van der Waals surface area contributed by atoms with Gasteiger partial charge in [0.05, 0.1) is 5.56 Å². The number of ketones is 1. The van der Waals surface area contributed by atoms with Crippen LogP contribution in [0.1, 0.15) is 15.9 Å². The Morgan fingerprint density at radius 1 is 1.18 bits per heavy atom. The standard InChI is InChI=1S/C19H13BrClF3N2O2/c1-10-2-4-12(7-15(10)21)25-17(27)9-26-8-14(18(28)19(22,23)24)13-6-11(20)3-5-16(13)26/h2-8H,9H2,1H3,(H,25,27). The molecule has 3 aromatic rings. The van der Waals surface area contributed by atoms with Gasteiger partial charge in [-0.3, -0.25) is 9.59 Å². The first-order valence-corrected chi connectivity index (χ1v) is 9.19. The molecular weight excluding hydrogens is 461 g/mol. The van der Waals surface area contributed by atoms with E-state index in [1.165, 1.54) is 10.6 Å². The van der Waals surface area contributed by atoms with Crippen LogP contribution in [0.15, 0.2) is 47.1 Å². The maximum absolute atomic E-state index is 12.9. The van der Waals surface area contributed by atoms with Gasteiger partial charge in [-0.25, -0.2) is 0 Å². The summed E-state index contributed by atoms with van der Waals surface area (Å²) in [7, 11) is 0. The Balaban J connectivity index is 1.93. The number of aryl methyl sites for hydroxylation is 1. The molecule has 0 saturated heterocycles. The van der Waals surface area contributed by atoms with E-state index in [0.29, 0.717) is 20.7 Å². The lowest BCUT2D eigenvalue weighted by Gasteiger charge is -2.08. The van der Waals surface area contributed by atoms with E-state index in [2.05, 4.69) is 21.2 Å². The highest BCUT2D eigenvalue weighted by atomic mass is 79.9. The number of aromatic nitrogens is 1. The number of Topliss-reactive ketones (excluding diaryl/α,β-unsaturated/α-hetero) is 1. The predicted octanol–water partition coefficient (Wildman–Crippen LogP) is 5.75. The fraction of sp³-hybridized carbons (Fsp3) is 0.158. The van der Waals surface area contributed by atoms with Crippen LogP contribution in [-0.4, -0.2) is 22.4 Å². The lowest BCUT2D eigenvalue weighted by atomic mass is 10.1. The highest BCUT2D eigenvalue weighted by Crippen LogP contribution is 2.30. The van der Waals surface area contributed by atoms with Gasteiger partial charge in [0.25, 0.3) is 5.78 Å². The minimum Gasteiger partial charge on any atom is -0.337 e. The predicted molar refractivity (Wildman–Crippen MR) is 105 cm³/mol. The third kappa shape index (κ3) is 4.23. The van der Waals surface area contributed by atoms with Crippen LogP contribution >= 0.6 is 27.5 Å². The van der Waals surface area contributed by atoms with E-state index in [-0.39, 0.29) is 11.9 Å². The van der Waals surface area contributed by atoms with Crippen molar-refractivity contribution in [1.29, 1.82) is 0 Å². The quantitative estimate of drug-likeness (QED) is 0.491. The molecule has 0 saturated carbocycles. The summed E-state index contributed by atoms with van der Waals surface area (Å²) in [6.45, 7) is 1.55. The molecule has 1 aromatic heterocycles. The van der Waals surface area contributed by atoms with E-state index < -0.39 is 23.4 Å². The number of anilines is 1. The first-order valence-electron chi connectivity index (χ1n) is 8.02. The van der Waals surface area contributed by atoms with Crippen LogP contribution < -0.4 is 5.32 Å². The molecule has 0 spiro atoms. The monoisotopic (exact) mass is 472 g/mol. The van der Waals surface area contributed by atoms with Gasteiger partial charge < -0.3 is 9.88 Å². The number of hydrogen-bond acceptors (Lipinski definition) is 2. The van der Waals surface area contributed by atoms with E-state index in [4.69, 9.17) is 11.6 Å². The summed E-state index contributed by atoms with van der Waals surface area (Å²) in [6.07, 6.45) is -3.96. The first-order chi connectivity index (χ1) is 13.1. The second kappa shape index (κ2) is 7.60. The summed E-state index contributed by atoms with van der Waals surface area (Å²) in [6, 6.07) is 9.57. The summed E-state index contributed by atoms with van der Waals surface area (Å²) in [5.41, 5.74) is 1.14. The lowest BCUT2D eigenvalue weighted by molar-refractivity contribution is -0.116. The molecule has 146 valence electrons. The average Bonchev–Trinajstić information content (AvgIpc) is 2.94. The van der Waals surface area contributed by atoms with Crippen molar-refractivity contribution in [3.05, 3.63) is 63.2 Å². The van der Waals surface area contributed by atoms with Crippen molar-refractivity contribution in [2.45, 2.75) is 19.6 Å². The van der Waals surface area contributed by atoms with Gasteiger partial charge in [-0.05, 0) is 42.8 Å². The van der Waals surface area contributed by atoms with E-state index in [1.54, 1.807) is 30.3 Å². The number of fused-ring (bicyclic) bond motifs is 1. The molecular formula is C19H13BrClF3N2O2. The van der Waals surface area contributed by atoms with Crippen LogP contribution in [0.5, 0.6) is 0 Å². The Morgan fingerprint density at radius 2 is 1.89 bits per heavy atom. The van der Waals surface area contributed by atoms with E-state index in [0.717, 1.165) is 11.8 Å². The second-order valence-corrected chi connectivity index (χ2v) is 7.49. The molecule has 0 atom stereocenters. The molecule has 0 bridgehead atoms. The summed E-state index contributed by atoms with van der Waals surface area (Å²) in [5, 5.41) is 3.24. The zero-order chi connectivity index (χ0) is 20.6. The molecule has 0 unspecified atom stereocenters. The van der Waals surface area contributed by atoms with Crippen LogP contribution in [0.25, 0.3) is 10.9 Å². The molecule has 1 amide bonds. The number of hydrogen-bond donors (Lipinski definition) is 1. The van der Waals surface area contributed by atoms with Gasteiger partial charge in [-0.1, -0.05) is 33.6 Å². The van der Waals surface area contributed by atoms with E-state index >= 15 is 0 Å². The van der Waals surface area contributed by atoms with Crippen molar-refractivity contribution in [1.82, 2.24) is 4.57 Å². The fourth-order valence-corrected chi connectivity index (χ4v) is 3.30. The molecule has 3 rings (SSSR count). The SMILES string of the molecule is Cc1ccc(NC(=O)Cn2cc(C(=O)C(F)(F)F)c3cc(Br)ccc32)cc1Cl. The van der Waals surface area contributed by atoms with Crippen molar-refractivity contribution in [2.24, 2.45) is 0 Å². The van der Waals surface area contributed by atoms with Crippen LogP contribution in [0.2, 0.25) is 5.02 Å². The number of nitrogens with one attached hydrogen (secondary N) is 1. The van der Waals surface area contributed by atoms with Crippen molar-refractivity contribution in [3.8, 4) is 0 Å². The third-order valence-electron chi connectivity index (χ3n) is 4.11. The van der Waals surface area contributed by atoms with Gasteiger partial charge in [0, 0.05) is 32.3 Å². The van der Waals surface area contributed by atoms with Crippen molar-refractivity contribution in [2.75, 3.05) is 5.32 Å². The second-order valence-electron chi connectivity index (χ2n) is 6.17. The summed E-state index contributed by atoms with van der Waals surface area (Å²) in [4.78, 5) is 24.2. The number of benzene rings is 2. The Bertz CT molecular complexity index is 1090. The highest BCUT2D eigenvalue weighted by Gasteiger charge is 2.41. The molecule has 9 heteroatoms. The Morgan fingerprint density at radius 3 is 2.54 bits per heavy atom. The Kier molecular flexibility index (Phi) is 5.54. The van der Waals surface area contributed by atoms with Gasteiger partial charge in [-0.2, -0.15) is 13.2 Å². The van der Waals surface area contributed by atoms with Crippen LogP contribution in [0.4, 0.5) is 18.9 Å². The minimum absolute atomic E-state index is 0.114. The topological polar surface area (TPSA) is 51.1 Å². The molecule has 0 aliphatic carbocycles. The third-order valence-corrected chi connectivity index (χ3v) is 5.02. The fourth-order valence-electron chi connectivity index (χ4n) is 2.76. The Labute approximate surface area is 171 Å². The van der Waals surface area contributed by atoms with Crippen LogP contribution in [0.3, 0.4) is 0 Å². The number of amides is 1. The smallest absolute Gasteiger partial charge is 0.337 e. The number of halogens is 5. The molecule has 4 nitrogen and oxygen atoms in total. The molecule has 0 radical (unpaired) electrons. The van der Waals surface area contributed by atoms with Crippen molar-refractivity contribution < 1.29 is 22.8 Å². The highest BCUT2D eigenvalue weighted by molar-refractivity contribution is 9.10. The summed E-state index contributed by atoms with van der Waals surface area (Å²) >= 11 is 9.22. The zero-order valence-electron chi connectivity index (χ0n) is 14.4. The van der Waals surface area contributed by atoms with Gasteiger partial charge in [0.1, 0.15) is 6.54 Å². The first kappa shape index (κ1) is 20.4. The molecule has 2 aromatic carbocycles. The molecule has 0 fully saturated rings. The van der Waals surface area contributed by atoms with Crippen LogP contribution in [-0.2, 0) is 11.3 Å². The van der Waals surface area contributed by atoms with Gasteiger partial charge >= 0.3 is 6.18 Å². The largest absolute Gasteiger partial charge is 0.454 e. The normalized spacial score (nSPS) is 11.6. The molecule has 1 N–H and O–H groups in total. The summed E-state index contributed by atoms with van der Waals surface area (Å²) in [5.74, 6) is -2.43. The zero-order valence-corrected chi connectivity index (χ0v) is 16.7. The maximum atomic E-state index is 12.9. The number of rotatable bonds is 4. The van der Waals surface area contributed by atoms with Gasteiger partial charge in [0.2, 0.25) is 5.91 Å². The molecule has 0 aliphatic rings. The average molecular weight is 474 g/mol.